The van der Waals surface area contributed by atoms with Crippen LogP contribution in [-0.2, 0) is 0 Å². The summed E-state index contributed by atoms with van der Waals surface area (Å²) < 4.78 is 40.8. The normalized spacial score (nSPS) is 11.1. The van der Waals surface area contributed by atoms with E-state index in [2.05, 4.69) is 15.0 Å². The fourth-order valence-electron chi connectivity index (χ4n) is 3.10. The number of rotatable bonds is 6. The number of anilines is 1. The van der Waals surface area contributed by atoms with Crippen molar-refractivity contribution in [2.45, 2.75) is 13.5 Å². The molecule has 2 aromatic carbocycles. The lowest BCUT2D eigenvalue weighted by atomic mass is 10.1. The highest BCUT2D eigenvalue weighted by atomic mass is 32.1. The summed E-state index contributed by atoms with van der Waals surface area (Å²) in [6, 6.07) is 11.6. The van der Waals surface area contributed by atoms with Crippen LogP contribution in [0.3, 0.4) is 0 Å². The minimum Gasteiger partial charge on any atom is -0.497 e. The van der Waals surface area contributed by atoms with E-state index in [1.54, 1.807) is 55.8 Å². The number of thiazole rings is 1. The van der Waals surface area contributed by atoms with Crippen molar-refractivity contribution in [3.8, 4) is 22.8 Å². The summed E-state index contributed by atoms with van der Waals surface area (Å²) in [5.74, 6) is 0.685. The highest BCUT2D eigenvalue weighted by Crippen LogP contribution is 2.34. The fraction of sp³-hybridized carbons (Fsp3) is 0.143. The van der Waals surface area contributed by atoms with Gasteiger partial charge in [-0.1, -0.05) is 12.1 Å². The third-order valence-electron chi connectivity index (χ3n) is 4.40. The summed E-state index contributed by atoms with van der Waals surface area (Å²) in [5.41, 5.74) is 1.77. The molecule has 0 aliphatic carbocycles. The molecule has 0 fully saturated rings. The fourth-order valence-corrected chi connectivity index (χ4v) is 3.81. The number of hydrogen-bond donors (Lipinski definition) is 1. The van der Waals surface area contributed by atoms with E-state index in [1.807, 2.05) is 0 Å². The number of nitrogens with one attached hydrogen (secondary N) is 1. The zero-order valence-corrected chi connectivity index (χ0v) is 16.8. The lowest BCUT2D eigenvalue weighted by molar-refractivity contribution is -0.0494. The lowest BCUT2D eigenvalue weighted by Gasteiger charge is -2.08. The summed E-state index contributed by atoms with van der Waals surface area (Å²) in [7, 11) is 1.54. The van der Waals surface area contributed by atoms with Gasteiger partial charge < -0.3 is 13.9 Å². The molecular weight excluding hydrogens is 414 g/mol. The molecule has 154 valence electrons. The summed E-state index contributed by atoms with van der Waals surface area (Å²) in [6.45, 7) is -1.25. The predicted octanol–water partition coefficient (Wildman–Crippen LogP) is 5.73. The van der Waals surface area contributed by atoms with Gasteiger partial charge in [-0.3, -0.25) is 10.1 Å². The highest BCUT2D eigenvalue weighted by molar-refractivity contribution is 7.14. The molecule has 2 heterocycles. The maximum Gasteiger partial charge on any atom is 0.387 e. The quantitative estimate of drug-likeness (QED) is 0.423. The summed E-state index contributed by atoms with van der Waals surface area (Å²) >= 11 is 1.18. The average molecular weight is 430 g/mol. The number of fused-ring (bicyclic) bond motifs is 1. The summed E-state index contributed by atoms with van der Waals surface area (Å²) in [6.07, 6.45) is 0. The Bertz CT molecular complexity index is 1220. The SMILES string of the molecule is COc1ccc2oc(C)c(C(=O)Nc3nc(-c4ccccc4OC(F)F)cs3)c2c1. The smallest absolute Gasteiger partial charge is 0.387 e. The van der Waals surface area contributed by atoms with Crippen molar-refractivity contribution in [1.29, 1.82) is 0 Å². The molecule has 0 aliphatic rings. The minimum atomic E-state index is -2.95. The van der Waals surface area contributed by atoms with Gasteiger partial charge >= 0.3 is 6.61 Å². The Hall–Kier alpha value is -3.46. The molecule has 0 bridgehead atoms. The average Bonchev–Trinajstić information content (AvgIpc) is 3.30. The second kappa shape index (κ2) is 8.11. The van der Waals surface area contributed by atoms with Gasteiger partial charge in [-0.05, 0) is 37.3 Å². The third kappa shape index (κ3) is 3.84. The number of para-hydroxylation sites is 1. The van der Waals surface area contributed by atoms with Gasteiger partial charge in [0.05, 0.1) is 18.4 Å². The van der Waals surface area contributed by atoms with E-state index in [-0.39, 0.29) is 5.75 Å². The number of hydrogen-bond acceptors (Lipinski definition) is 6. The maximum atomic E-state index is 12.9. The van der Waals surface area contributed by atoms with Gasteiger partial charge in [-0.2, -0.15) is 8.78 Å². The number of benzene rings is 2. The van der Waals surface area contributed by atoms with Crippen LogP contribution in [0.4, 0.5) is 13.9 Å². The van der Waals surface area contributed by atoms with Crippen LogP contribution in [0.25, 0.3) is 22.2 Å². The maximum absolute atomic E-state index is 12.9. The van der Waals surface area contributed by atoms with Gasteiger partial charge in [0.2, 0.25) is 0 Å². The zero-order valence-electron chi connectivity index (χ0n) is 15.9. The Morgan fingerprint density at radius 2 is 2.03 bits per heavy atom. The Kier molecular flexibility index (Phi) is 5.37. The number of carbonyl (C=O) groups is 1. The van der Waals surface area contributed by atoms with Crippen LogP contribution in [0.15, 0.2) is 52.3 Å². The molecule has 1 N–H and O–H groups in total. The Morgan fingerprint density at radius 1 is 1.23 bits per heavy atom. The molecule has 0 unspecified atom stereocenters. The zero-order chi connectivity index (χ0) is 21.3. The molecule has 30 heavy (non-hydrogen) atoms. The topological polar surface area (TPSA) is 73.6 Å². The van der Waals surface area contributed by atoms with E-state index >= 15 is 0 Å². The van der Waals surface area contributed by atoms with Crippen LogP contribution in [0.1, 0.15) is 16.1 Å². The Labute approximate surface area is 174 Å². The first kappa shape index (κ1) is 19.8. The van der Waals surface area contributed by atoms with Gasteiger partial charge in [0.1, 0.15) is 22.8 Å². The van der Waals surface area contributed by atoms with E-state index in [4.69, 9.17) is 9.15 Å². The molecule has 0 aliphatic heterocycles. The third-order valence-corrected chi connectivity index (χ3v) is 5.16. The number of aromatic nitrogens is 1. The standard InChI is InChI=1S/C21H16F2N2O4S/c1-11-18(14-9-12(27-2)7-8-17(14)28-11)19(26)25-21-24-15(10-30-21)13-5-3-4-6-16(13)29-20(22)23/h3-10,20H,1-2H3,(H,24,25,26). The monoisotopic (exact) mass is 430 g/mol. The molecular formula is C21H16F2N2O4S. The van der Waals surface area contributed by atoms with Gasteiger partial charge in [0.25, 0.3) is 5.91 Å². The van der Waals surface area contributed by atoms with Gasteiger partial charge in [0.15, 0.2) is 5.13 Å². The minimum absolute atomic E-state index is 0.0134. The molecule has 0 atom stereocenters. The Morgan fingerprint density at radius 3 is 2.80 bits per heavy atom. The molecule has 0 spiro atoms. The molecule has 0 saturated carbocycles. The van der Waals surface area contributed by atoms with Gasteiger partial charge in [-0.25, -0.2) is 4.98 Å². The number of methoxy groups -OCH3 is 1. The van der Waals surface area contributed by atoms with Crippen molar-refractivity contribution >= 4 is 33.3 Å². The van der Waals surface area contributed by atoms with Crippen LogP contribution < -0.4 is 14.8 Å². The van der Waals surface area contributed by atoms with Gasteiger partial charge in [0, 0.05) is 16.3 Å². The van der Waals surface area contributed by atoms with Crippen molar-refractivity contribution in [2.75, 3.05) is 12.4 Å². The van der Waals surface area contributed by atoms with E-state index in [1.165, 1.54) is 17.4 Å². The first-order chi connectivity index (χ1) is 14.5. The number of alkyl halides is 2. The molecule has 4 aromatic rings. The van der Waals surface area contributed by atoms with Crippen molar-refractivity contribution in [3.05, 3.63) is 59.2 Å². The van der Waals surface area contributed by atoms with Crippen LogP contribution in [0.2, 0.25) is 0 Å². The molecule has 0 saturated heterocycles. The number of nitrogens with zero attached hydrogens (tertiary/aromatic N) is 1. The molecule has 1 amide bonds. The van der Waals surface area contributed by atoms with Crippen LogP contribution in [0, 0.1) is 6.92 Å². The highest BCUT2D eigenvalue weighted by Gasteiger charge is 2.21. The number of amides is 1. The van der Waals surface area contributed by atoms with Crippen molar-refractivity contribution in [2.24, 2.45) is 0 Å². The summed E-state index contributed by atoms with van der Waals surface area (Å²) in [5, 5.41) is 5.34. The summed E-state index contributed by atoms with van der Waals surface area (Å²) in [4.78, 5) is 17.2. The van der Waals surface area contributed by atoms with Crippen LogP contribution in [-0.4, -0.2) is 24.6 Å². The van der Waals surface area contributed by atoms with Crippen molar-refractivity contribution in [3.63, 3.8) is 0 Å². The van der Waals surface area contributed by atoms with E-state index in [0.29, 0.717) is 44.4 Å². The molecule has 9 heteroatoms. The number of aryl methyl sites for hydroxylation is 1. The first-order valence-corrected chi connectivity index (χ1v) is 9.72. The number of carbonyl (C=O) groups excluding carboxylic acids is 1. The molecule has 0 radical (unpaired) electrons. The first-order valence-electron chi connectivity index (χ1n) is 8.84. The largest absolute Gasteiger partial charge is 0.497 e. The molecule has 6 nitrogen and oxygen atoms in total. The molecule has 4 rings (SSSR count). The van der Waals surface area contributed by atoms with Crippen molar-refractivity contribution < 1.29 is 27.5 Å². The predicted molar refractivity (Wildman–Crippen MR) is 110 cm³/mol. The number of furan rings is 1. The van der Waals surface area contributed by atoms with E-state index in [0.717, 1.165) is 0 Å². The van der Waals surface area contributed by atoms with E-state index in [9.17, 15) is 13.6 Å². The van der Waals surface area contributed by atoms with E-state index < -0.39 is 12.5 Å². The second-order valence-electron chi connectivity index (χ2n) is 6.26. The van der Waals surface area contributed by atoms with Gasteiger partial charge in [-0.15, -0.1) is 11.3 Å². The molecule has 2 aromatic heterocycles. The van der Waals surface area contributed by atoms with Crippen molar-refractivity contribution in [1.82, 2.24) is 4.98 Å². The Balaban J connectivity index is 1.62. The second-order valence-corrected chi connectivity index (χ2v) is 7.12. The lowest BCUT2D eigenvalue weighted by Crippen LogP contribution is -2.12. The number of ether oxygens (including phenoxy) is 2. The van der Waals surface area contributed by atoms with Crippen LogP contribution in [0.5, 0.6) is 11.5 Å². The number of halogens is 2. The van der Waals surface area contributed by atoms with Crippen LogP contribution >= 0.6 is 11.3 Å².